The second kappa shape index (κ2) is 8.52. The molecule has 1 heterocycles. The number of esters is 1. The van der Waals surface area contributed by atoms with Gasteiger partial charge in [-0.1, -0.05) is 6.92 Å². The standard InChI is InChI=1S/C15H21NO6S3/c1-3-10(24-25(19,20)21)13(17)16-14-12(15(18)22-4-2)9-7-5-6-8-11(9)23-14/h10H,3-8H2,1-2H3,(H,16,17)(H,19,20,21)/p-1. The van der Waals surface area contributed by atoms with E-state index in [1.165, 1.54) is 11.3 Å². The van der Waals surface area contributed by atoms with E-state index in [1.807, 2.05) is 0 Å². The van der Waals surface area contributed by atoms with Gasteiger partial charge >= 0.3 is 5.97 Å². The molecule has 140 valence electrons. The van der Waals surface area contributed by atoms with Crippen molar-refractivity contribution in [2.24, 2.45) is 0 Å². The van der Waals surface area contributed by atoms with Gasteiger partial charge in [-0.3, -0.25) is 4.79 Å². The number of hydrogen-bond donors (Lipinski definition) is 1. The third-order valence-corrected chi connectivity index (χ3v) is 7.41. The Balaban J connectivity index is 2.30. The summed E-state index contributed by atoms with van der Waals surface area (Å²) >= 11 is 1.32. The van der Waals surface area contributed by atoms with Crippen LogP contribution in [0.25, 0.3) is 0 Å². The molecule has 1 aromatic rings. The summed E-state index contributed by atoms with van der Waals surface area (Å²) in [6.07, 6.45) is 3.74. The molecule has 10 heteroatoms. The van der Waals surface area contributed by atoms with E-state index in [0.717, 1.165) is 36.1 Å². The van der Waals surface area contributed by atoms with Gasteiger partial charge in [0.1, 0.15) is 14.2 Å². The van der Waals surface area contributed by atoms with Gasteiger partial charge in [0, 0.05) is 4.88 Å². The number of amides is 1. The Hall–Kier alpha value is -1.10. The van der Waals surface area contributed by atoms with Crippen LogP contribution in [0.2, 0.25) is 0 Å². The Labute approximate surface area is 154 Å². The molecule has 0 aliphatic heterocycles. The predicted octanol–water partition coefficient (Wildman–Crippen LogP) is 2.71. The molecule has 7 nitrogen and oxygen atoms in total. The van der Waals surface area contributed by atoms with Crippen LogP contribution in [0.5, 0.6) is 0 Å². The quantitative estimate of drug-likeness (QED) is 0.421. The topological polar surface area (TPSA) is 113 Å². The minimum Gasteiger partial charge on any atom is -0.739 e. The monoisotopic (exact) mass is 406 g/mol. The lowest BCUT2D eigenvalue weighted by molar-refractivity contribution is -0.115. The van der Waals surface area contributed by atoms with Gasteiger partial charge in [0.2, 0.25) is 5.91 Å². The van der Waals surface area contributed by atoms with Gasteiger partial charge in [0.15, 0.2) is 0 Å². The van der Waals surface area contributed by atoms with Crippen LogP contribution >= 0.6 is 22.1 Å². The zero-order chi connectivity index (χ0) is 18.6. The van der Waals surface area contributed by atoms with Crippen LogP contribution < -0.4 is 5.32 Å². The van der Waals surface area contributed by atoms with Gasteiger partial charge in [0.05, 0.1) is 17.4 Å². The molecule has 0 aromatic carbocycles. The number of ether oxygens (including phenoxy) is 1. The van der Waals surface area contributed by atoms with Crippen LogP contribution in [0.1, 0.15) is 53.9 Å². The highest BCUT2D eigenvalue weighted by atomic mass is 33.1. The van der Waals surface area contributed by atoms with Gasteiger partial charge in [-0.05, 0) is 55.4 Å². The Kier molecular flexibility index (Phi) is 6.89. The summed E-state index contributed by atoms with van der Waals surface area (Å²) in [7, 11) is -4.51. The number of thiophene rings is 1. The number of nitrogens with one attached hydrogen (secondary N) is 1. The molecule has 0 radical (unpaired) electrons. The van der Waals surface area contributed by atoms with Gasteiger partial charge in [-0.2, -0.15) is 0 Å². The first-order chi connectivity index (χ1) is 11.8. The maximum absolute atomic E-state index is 12.4. The van der Waals surface area contributed by atoms with Crippen molar-refractivity contribution in [3.63, 3.8) is 0 Å². The summed E-state index contributed by atoms with van der Waals surface area (Å²) in [5, 5.41) is 1.98. The minimum atomic E-state index is -4.59. The summed E-state index contributed by atoms with van der Waals surface area (Å²) < 4.78 is 37.9. The molecule has 0 bridgehead atoms. The van der Waals surface area contributed by atoms with Gasteiger partial charge in [-0.25, -0.2) is 13.2 Å². The van der Waals surface area contributed by atoms with Crippen molar-refractivity contribution in [3.05, 3.63) is 16.0 Å². The SMILES string of the molecule is CCOC(=O)c1c(NC(=O)C(CC)SS(=O)(=O)[O-])sc2c1CCCC2. The van der Waals surface area contributed by atoms with Crippen molar-refractivity contribution in [2.75, 3.05) is 11.9 Å². The minimum absolute atomic E-state index is 0.0817. The van der Waals surface area contributed by atoms with E-state index >= 15 is 0 Å². The second-order valence-corrected chi connectivity index (χ2v) is 10.0. The van der Waals surface area contributed by atoms with Crippen molar-refractivity contribution in [1.82, 2.24) is 0 Å². The van der Waals surface area contributed by atoms with E-state index in [2.05, 4.69) is 5.32 Å². The van der Waals surface area contributed by atoms with Crippen LogP contribution in [0.15, 0.2) is 0 Å². The average Bonchev–Trinajstić information content (AvgIpc) is 2.89. The molecule has 2 rings (SSSR count). The van der Waals surface area contributed by atoms with Crippen LogP contribution in [-0.4, -0.2) is 36.7 Å². The van der Waals surface area contributed by atoms with E-state index in [9.17, 15) is 22.6 Å². The molecule has 1 aliphatic rings. The van der Waals surface area contributed by atoms with E-state index in [0.29, 0.717) is 10.6 Å². The number of anilines is 1. The number of fused-ring (bicyclic) bond motifs is 1. The average molecular weight is 407 g/mol. The highest BCUT2D eigenvalue weighted by molar-refractivity contribution is 8.70. The van der Waals surface area contributed by atoms with E-state index < -0.39 is 26.3 Å². The van der Waals surface area contributed by atoms with Crippen molar-refractivity contribution in [1.29, 1.82) is 0 Å². The second-order valence-electron chi connectivity index (χ2n) is 5.53. The summed E-state index contributed by atoms with van der Waals surface area (Å²) in [5.74, 6) is -1.09. The summed E-state index contributed by atoms with van der Waals surface area (Å²) in [6, 6.07) is 0. The van der Waals surface area contributed by atoms with E-state index in [-0.39, 0.29) is 23.8 Å². The van der Waals surface area contributed by atoms with Crippen molar-refractivity contribution in [2.45, 2.75) is 51.2 Å². The smallest absolute Gasteiger partial charge is 0.341 e. The van der Waals surface area contributed by atoms with Crippen LogP contribution in [0.4, 0.5) is 5.00 Å². The Morgan fingerprint density at radius 2 is 2.00 bits per heavy atom. The maximum atomic E-state index is 12.4. The zero-order valence-electron chi connectivity index (χ0n) is 14.0. The third kappa shape index (κ3) is 5.19. The van der Waals surface area contributed by atoms with Crippen LogP contribution in [0, 0.1) is 0 Å². The first kappa shape index (κ1) is 20.2. The number of carbonyl (C=O) groups excluding carboxylic acids is 2. The van der Waals surface area contributed by atoms with E-state index in [4.69, 9.17) is 4.74 Å². The fraction of sp³-hybridized carbons (Fsp3) is 0.600. The zero-order valence-corrected chi connectivity index (χ0v) is 16.4. The largest absolute Gasteiger partial charge is 0.739 e. The van der Waals surface area contributed by atoms with Gasteiger partial charge < -0.3 is 14.6 Å². The molecular formula is C15H20NO6S3-. The van der Waals surface area contributed by atoms with Crippen LogP contribution in [0.3, 0.4) is 0 Å². The molecule has 1 aliphatic carbocycles. The van der Waals surface area contributed by atoms with Crippen LogP contribution in [-0.2, 0) is 31.5 Å². The number of hydrogen-bond acceptors (Lipinski definition) is 8. The molecular weight excluding hydrogens is 386 g/mol. The lowest BCUT2D eigenvalue weighted by Crippen LogP contribution is -2.26. The van der Waals surface area contributed by atoms with Crippen molar-refractivity contribution < 1.29 is 27.3 Å². The molecule has 1 unspecified atom stereocenters. The summed E-state index contributed by atoms with van der Waals surface area (Å²) in [6.45, 7) is 3.55. The molecule has 1 aromatic heterocycles. The fourth-order valence-electron chi connectivity index (χ4n) is 2.70. The number of rotatable bonds is 7. The fourth-order valence-corrected chi connectivity index (χ4v) is 6.08. The molecule has 1 atom stereocenters. The highest BCUT2D eigenvalue weighted by Crippen LogP contribution is 2.39. The van der Waals surface area contributed by atoms with Crippen molar-refractivity contribution >= 4 is 48.2 Å². The Bertz CT molecular complexity index is 756. The lowest BCUT2D eigenvalue weighted by Gasteiger charge is -2.16. The van der Waals surface area contributed by atoms with Crippen molar-refractivity contribution in [3.8, 4) is 0 Å². The summed E-state index contributed by atoms with van der Waals surface area (Å²) in [4.78, 5) is 25.8. The van der Waals surface area contributed by atoms with Gasteiger partial charge in [0.25, 0.3) is 0 Å². The highest BCUT2D eigenvalue weighted by Gasteiger charge is 2.29. The number of carbonyl (C=O) groups is 2. The van der Waals surface area contributed by atoms with E-state index in [1.54, 1.807) is 13.8 Å². The first-order valence-corrected chi connectivity index (χ1v) is 11.7. The van der Waals surface area contributed by atoms with Gasteiger partial charge in [-0.15, -0.1) is 11.3 Å². The predicted molar refractivity (Wildman–Crippen MR) is 96.9 cm³/mol. The Morgan fingerprint density at radius 3 is 2.60 bits per heavy atom. The molecule has 0 spiro atoms. The summed E-state index contributed by atoms with van der Waals surface area (Å²) in [5.41, 5.74) is 1.27. The first-order valence-electron chi connectivity index (χ1n) is 8.03. The number of aryl methyl sites for hydroxylation is 1. The molecule has 0 fully saturated rings. The molecule has 25 heavy (non-hydrogen) atoms. The third-order valence-electron chi connectivity index (χ3n) is 3.78. The molecule has 0 saturated carbocycles. The molecule has 1 amide bonds. The molecule has 0 saturated heterocycles. The molecule has 1 N–H and O–H groups in total. The normalized spacial score (nSPS) is 15.3. The Morgan fingerprint density at radius 1 is 1.32 bits per heavy atom. The maximum Gasteiger partial charge on any atom is 0.341 e. The lowest BCUT2D eigenvalue weighted by atomic mass is 9.95.